The minimum absolute atomic E-state index is 0.163. The quantitative estimate of drug-likeness (QED) is 0.895. The van der Waals surface area contributed by atoms with Crippen molar-refractivity contribution in [1.82, 2.24) is 4.31 Å². The zero-order valence-corrected chi connectivity index (χ0v) is 14.1. The van der Waals surface area contributed by atoms with Crippen LogP contribution in [0.5, 0.6) is 5.75 Å². The molecular weight excluding hydrogens is 328 g/mol. The van der Waals surface area contributed by atoms with E-state index in [1.54, 1.807) is 13.0 Å². The average molecular weight is 347 g/mol. The molecule has 0 saturated carbocycles. The maximum Gasteiger partial charge on any atom is 0.243 e. The number of aryl methyl sites for hydroxylation is 1. The molecule has 8 heteroatoms. The number of nitrogens with two attached hydrogens (primary N) is 1. The Morgan fingerprint density at radius 3 is 2.45 bits per heavy atom. The number of amides is 1. The fourth-order valence-corrected chi connectivity index (χ4v) is 4.60. The van der Waals surface area contributed by atoms with E-state index in [2.05, 4.69) is 0 Å². The molecule has 0 aromatic heterocycles. The van der Waals surface area contributed by atoms with Crippen molar-refractivity contribution < 1.29 is 17.9 Å². The standard InChI is InChI=1S/C14H19ClN2O4S/c1-9-7-12(21-2)11(15)8-13(9)22(19,20)17-5-3-10(4-6-17)14(16)18/h7-8,10H,3-6H2,1-2H3,(H2,16,18). The number of methoxy groups -OCH3 is 1. The molecule has 1 aliphatic rings. The highest BCUT2D eigenvalue weighted by Crippen LogP contribution is 2.32. The fourth-order valence-electron chi connectivity index (χ4n) is 2.59. The van der Waals surface area contributed by atoms with E-state index in [0.717, 1.165) is 0 Å². The summed E-state index contributed by atoms with van der Waals surface area (Å²) in [5.74, 6) is -0.196. The molecule has 0 bridgehead atoms. The first-order valence-electron chi connectivity index (χ1n) is 6.91. The maximum atomic E-state index is 12.7. The van der Waals surface area contributed by atoms with Gasteiger partial charge in [-0.3, -0.25) is 4.79 Å². The monoisotopic (exact) mass is 346 g/mol. The Morgan fingerprint density at radius 1 is 1.36 bits per heavy atom. The van der Waals surface area contributed by atoms with Gasteiger partial charge in [0.2, 0.25) is 15.9 Å². The SMILES string of the molecule is COc1cc(C)c(S(=O)(=O)N2CCC(C(N)=O)CC2)cc1Cl. The summed E-state index contributed by atoms with van der Waals surface area (Å²) in [6, 6.07) is 3.01. The van der Waals surface area contributed by atoms with Gasteiger partial charge >= 0.3 is 0 Å². The largest absolute Gasteiger partial charge is 0.495 e. The van der Waals surface area contributed by atoms with Gasteiger partial charge in [-0.2, -0.15) is 4.31 Å². The van der Waals surface area contributed by atoms with Gasteiger partial charge in [-0.15, -0.1) is 0 Å². The number of ether oxygens (including phenoxy) is 1. The van der Waals surface area contributed by atoms with Crippen LogP contribution in [-0.4, -0.2) is 38.8 Å². The van der Waals surface area contributed by atoms with Crippen molar-refractivity contribution in [3.8, 4) is 5.75 Å². The first kappa shape index (κ1) is 17.1. The number of halogens is 1. The molecule has 0 unspecified atom stereocenters. The Morgan fingerprint density at radius 2 is 1.95 bits per heavy atom. The summed E-state index contributed by atoms with van der Waals surface area (Å²) in [4.78, 5) is 11.3. The molecule has 22 heavy (non-hydrogen) atoms. The molecule has 1 aromatic rings. The van der Waals surface area contributed by atoms with Gasteiger partial charge in [0.05, 0.1) is 17.0 Å². The lowest BCUT2D eigenvalue weighted by Crippen LogP contribution is -2.41. The van der Waals surface area contributed by atoms with Crippen LogP contribution < -0.4 is 10.5 Å². The smallest absolute Gasteiger partial charge is 0.243 e. The number of nitrogens with zero attached hydrogens (tertiary/aromatic N) is 1. The predicted octanol–water partition coefficient (Wildman–Crippen LogP) is 1.54. The number of piperidine rings is 1. The summed E-state index contributed by atoms with van der Waals surface area (Å²) in [7, 11) is -2.17. The van der Waals surface area contributed by atoms with Crippen LogP contribution in [0.25, 0.3) is 0 Å². The van der Waals surface area contributed by atoms with Gasteiger partial charge in [-0.05, 0) is 37.5 Å². The Bertz CT molecular complexity index is 682. The molecule has 0 atom stereocenters. The molecule has 1 heterocycles. The lowest BCUT2D eigenvalue weighted by atomic mass is 9.98. The van der Waals surface area contributed by atoms with E-state index in [-0.39, 0.29) is 34.8 Å². The number of rotatable bonds is 4. The Hall–Kier alpha value is -1.31. The maximum absolute atomic E-state index is 12.7. The third kappa shape index (κ3) is 3.21. The minimum atomic E-state index is -3.65. The molecule has 122 valence electrons. The molecule has 1 aliphatic heterocycles. The molecule has 1 amide bonds. The molecular formula is C14H19ClN2O4S. The number of hydrogen-bond donors (Lipinski definition) is 1. The van der Waals surface area contributed by atoms with E-state index in [1.165, 1.54) is 17.5 Å². The lowest BCUT2D eigenvalue weighted by molar-refractivity contribution is -0.122. The number of sulfonamides is 1. The van der Waals surface area contributed by atoms with E-state index in [1.807, 2.05) is 0 Å². The normalized spacial score (nSPS) is 17.4. The van der Waals surface area contributed by atoms with E-state index >= 15 is 0 Å². The number of hydrogen-bond acceptors (Lipinski definition) is 4. The van der Waals surface area contributed by atoms with Crippen LogP contribution in [0.4, 0.5) is 0 Å². The van der Waals surface area contributed by atoms with Crippen LogP contribution >= 0.6 is 11.6 Å². The first-order chi connectivity index (χ1) is 10.3. The summed E-state index contributed by atoms with van der Waals surface area (Å²) in [6.45, 7) is 2.25. The van der Waals surface area contributed by atoms with Crippen LogP contribution in [-0.2, 0) is 14.8 Å². The summed E-state index contributed by atoms with van der Waals surface area (Å²) in [6.07, 6.45) is 0.884. The summed E-state index contributed by atoms with van der Waals surface area (Å²) in [5, 5.41) is 0.249. The minimum Gasteiger partial charge on any atom is -0.495 e. The summed E-state index contributed by atoms with van der Waals surface area (Å²) >= 11 is 6.04. The van der Waals surface area contributed by atoms with Crippen molar-refractivity contribution in [3.05, 3.63) is 22.7 Å². The number of carbonyl (C=O) groups excluding carboxylic acids is 1. The Labute approximate surface area is 135 Å². The second kappa shape index (κ2) is 6.44. The number of benzene rings is 1. The van der Waals surface area contributed by atoms with Crippen molar-refractivity contribution >= 4 is 27.5 Å². The lowest BCUT2D eigenvalue weighted by Gasteiger charge is -2.30. The van der Waals surface area contributed by atoms with E-state index in [9.17, 15) is 13.2 Å². The van der Waals surface area contributed by atoms with E-state index in [0.29, 0.717) is 24.2 Å². The number of carbonyl (C=O) groups is 1. The van der Waals surface area contributed by atoms with Crippen LogP contribution in [0.3, 0.4) is 0 Å². The molecule has 2 N–H and O–H groups in total. The fraction of sp³-hybridized carbons (Fsp3) is 0.500. The number of primary amides is 1. The van der Waals surface area contributed by atoms with Crippen molar-refractivity contribution in [2.24, 2.45) is 11.7 Å². The van der Waals surface area contributed by atoms with Crippen LogP contribution in [0.1, 0.15) is 18.4 Å². The highest BCUT2D eigenvalue weighted by Gasteiger charge is 2.32. The molecule has 1 fully saturated rings. The molecule has 1 aromatic carbocycles. The third-order valence-electron chi connectivity index (χ3n) is 3.92. The summed E-state index contributed by atoms with van der Waals surface area (Å²) in [5.41, 5.74) is 5.84. The Kier molecular flexibility index (Phi) is 4.99. The van der Waals surface area contributed by atoms with E-state index < -0.39 is 10.0 Å². The highest BCUT2D eigenvalue weighted by atomic mass is 35.5. The Balaban J connectivity index is 2.28. The van der Waals surface area contributed by atoms with Crippen LogP contribution in [0, 0.1) is 12.8 Å². The van der Waals surface area contributed by atoms with Crippen LogP contribution in [0.2, 0.25) is 5.02 Å². The average Bonchev–Trinajstić information content (AvgIpc) is 2.49. The third-order valence-corrected chi connectivity index (χ3v) is 6.26. The van der Waals surface area contributed by atoms with Gasteiger partial charge in [0.25, 0.3) is 0 Å². The van der Waals surface area contributed by atoms with Crippen LogP contribution in [0.15, 0.2) is 17.0 Å². The van der Waals surface area contributed by atoms with Gasteiger partial charge in [0.15, 0.2) is 0 Å². The van der Waals surface area contributed by atoms with Crippen molar-refractivity contribution in [2.75, 3.05) is 20.2 Å². The first-order valence-corrected chi connectivity index (χ1v) is 8.72. The topological polar surface area (TPSA) is 89.7 Å². The van der Waals surface area contributed by atoms with Crippen molar-refractivity contribution in [2.45, 2.75) is 24.7 Å². The van der Waals surface area contributed by atoms with Crippen molar-refractivity contribution in [1.29, 1.82) is 0 Å². The van der Waals surface area contributed by atoms with Gasteiger partial charge in [-0.25, -0.2) is 8.42 Å². The van der Waals surface area contributed by atoms with Crippen molar-refractivity contribution in [3.63, 3.8) is 0 Å². The molecule has 0 aliphatic carbocycles. The van der Waals surface area contributed by atoms with Gasteiger partial charge in [0, 0.05) is 19.0 Å². The molecule has 0 spiro atoms. The van der Waals surface area contributed by atoms with Gasteiger partial charge in [0.1, 0.15) is 5.75 Å². The second-order valence-electron chi connectivity index (χ2n) is 5.33. The van der Waals surface area contributed by atoms with Gasteiger partial charge in [-0.1, -0.05) is 11.6 Å². The molecule has 6 nitrogen and oxygen atoms in total. The zero-order valence-electron chi connectivity index (χ0n) is 12.5. The van der Waals surface area contributed by atoms with Gasteiger partial charge < -0.3 is 10.5 Å². The molecule has 0 radical (unpaired) electrons. The predicted molar refractivity (Wildman–Crippen MR) is 83.4 cm³/mol. The molecule has 1 saturated heterocycles. The second-order valence-corrected chi connectivity index (χ2v) is 7.65. The molecule has 2 rings (SSSR count). The zero-order chi connectivity index (χ0) is 16.5. The van der Waals surface area contributed by atoms with E-state index in [4.69, 9.17) is 22.1 Å². The summed E-state index contributed by atoms with van der Waals surface area (Å²) < 4.78 is 32.0. The highest BCUT2D eigenvalue weighted by molar-refractivity contribution is 7.89.